The van der Waals surface area contributed by atoms with Crippen LogP contribution >= 0.6 is 22.9 Å². The van der Waals surface area contributed by atoms with Gasteiger partial charge in [0.05, 0.1) is 0 Å². The highest BCUT2D eigenvalue weighted by Gasteiger charge is 2.21. The molecule has 1 aliphatic rings. The third-order valence-electron chi connectivity index (χ3n) is 2.15. The van der Waals surface area contributed by atoms with E-state index in [2.05, 4.69) is 6.07 Å². The molecule has 0 radical (unpaired) electrons. The molecule has 1 nitrogen and oxygen atoms in total. The van der Waals surface area contributed by atoms with E-state index < -0.39 is 0 Å². The molecule has 1 atom stereocenters. The van der Waals surface area contributed by atoms with E-state index in [1.807, 2.05) is 11.4 Å². The van der Waals surface area contributed by atoms with E-state index in [4.69, 9.17) is 11.6 Å². The SMILES string of the molecule is O=C1C=C(Cl)C[C@H](c2cccs2)C1. The first-order valence-electron chi connectivity index (χ1n) is 4.18. The van der Waals surface area contributed by atoms with E-state index >= 15 is 0 Å². The van der Waals surface area contributed by atoms with Crippen LogP contribution < -0.4 is 0 Å². The van der Waals surface area contributed by atoms with Gasteiger partial charge in [0, 0.05) is 22.2 Å². The van der Waals surface area contributed by atoms with E-state index in [0.717, 1.165) is 6.42 Å². The zero-order chi connectivity index (χ0) is 9.26. The first kappa shape index (κ1) is 8.97. The summed E-state index contributed by atoms with van der Waals surface area (Å²) >= 11 is 7.56. The molecule has 2 rings (SSSR count). The molecule has 0 unspecified atom stereocenters. The molecule has 0 spiro atoms. The Labute approximate surface area is 86.0 Å². The van der Waals surface area contributed by atoms with Crippen LogP contribution in [0.3, 0.4) is 0 Å². The van der Waals surface area contributed by atoms with Gasteiger partial charge in [0.1, 0.15) is 0 Å². The minimum absolute atomic E-state index is 0.148. The summed E-state index contributed by atoms with van der Waals surface area (Å²) in [6, 6.07) is 4.08. The van der Waals surface area contributed by atoms with Crippen LogP contribution in [0.2, 0.25) is 0 Å². The Hall–Kier alpha value is -0.600. The number of carbonyl (C=O) groups is 1. The van der Waals surface area contributed by atoms with Crippen molar-refractivity contribution in [3.8, 4) is 0 Å². The average molecular weight is 213 g/mol. The fourth-order valence-corrected chi connectivity index (χ4v) is 2.71. The minimum atomic E-state index is 0.148. The Kier molecular flexibility index (Phi) is 2.51. The highest BCUT2D eigenvalue weighted by molar-refractivity contribution is 7.10. The molecule has 0 saturated heterocycles. The Bertz CT molecular complexity index is 340. The van der Waals surface area contributed by atoms with Crippen molar-refractivity contribution in [2.24, 2.45) is 0 Å². The van der Waals surface area contributed by atoms with Gasteiger partial charge >= 0.3 is 0 Å². The molecule has 1 aliphatic carbocycles. The zero-order valence-electron chi connectivity index (χ0n) is 7.00. The van der Waals surface area contributed by atoms with Crippen LogP contribution in [0.1, 0.15) is 23.6 Å². The van der Waals surface area contributed by atoms with Gasteiger partial charge in [0.15, 0.2) is 5.78 Å². The van der Waals surface area contributed by atoms with Gasteiger partial charge in [-0.3, -0.25) is 4.79 Å². The molecule has 0 N–H and O–H groups in total. The number of rotatable bonds is 1. The number of carbonyl (C=O) groups excluding carboxylic acids is 1. The summed E-state index contributed by atoms with van der Waals surface area (Å²) in [7, 11) is 0. The number of ketones is 1. The van der Waals surface area contributed by atoms with E-state index in [1.165, 1.54) is 4.88 Å². The Morgan fingerprint density at radius 3 is 2.92 bits per heavy atom. The lowest BCUT2D eigenvalue weighted by Gasteiger charge is -2.17. The number of hydrogen-bond acceptors (Lipinski definition) is 2. The van der Waals surface area contributed by atoms with Crippen molar-refractivity contribution >= 4 is 28.7 Å². The molecule has 68 valence electrons. The largest absolute Gasteiger partial charge is 0.295 e. The lowest BCUT2D eigenvalue weighted by Crippen LogP contribution is -2.09. The summed E-state index contributed by atoms with van der Waals surface area (Å²) in [5, 5.41) is 2.72. The molecule has 1 aromatic heterocycles. The third kappa shape index (κ3) is 2.01. The average Bonchev–Trinajstić information content (AvgIpc) is 2.53. The highest BCUT2D eigenvalue weighted by Crippen LogP contribution is 2.34. The minimum Gasteiger partial charge on any atom is -0.295 e. The maximum atomic E-state index is 11.2. The number of halogens is 1. The second kappa shape index (κ2) is 3.64. The van der Waals surface area contributed by atoms with E-state index in [-0.39, 0.29) is 5.78 Å². The van der Waals surface area contributed by atoms with Crippen molar-refractivity contribution in [2.75, 3.05) is 0 Å². The highest BCUT2D eigenvalue weighted by atomic mass is 35.5. The quantitative estimate of drug-likeness (QED) is 0.698. The molecule has 0 amide bonds. The molecule has 1 aromatic rings. The molecule has 13 heavy (non-hydrogen) atoms. The number of allylic oxidation sites excluding steroid dienone is 2. The predicted octanol–water partition coefficient (Wildman–Crippen LogP) is 3.32. The van der Waals surface area contributed by atoms with Crippen LogP contribution in [0.5, 0.6) is 0 Å². The van der Waals surface area contributed by atoms with E-state index in [1.54, 1.807) is 17.4 Å². The standard InChI is InChI=1S/C10H9ClOS/c11-8-4-7(5-9(12)6-8)10-2-1-3-13-10/h1-3,6-7H,4-5H2/t7-/m0/s1. The van der Waals surface area contributed by atoms with Crippen LogP contribution in [-0.2, 0) is 4.79 Å². The van der Waals surface area contributed by atoms with Crippen molar-refractivity contribution in [1.29, 1.82) is 0 Å². The molecular weight excluding hydrogens is 204 g/mol. The van der Waals surface area contributed by atoms with Gasteiger partial charge in [-0.25, -0.2) is 0 Å². The summed E-state index contributed by atoms with van der Waals surface area (Å²) in [6.07, 6.45) is 2.97. The summed E-state index contributed by atoms with van der Waals surface area (Å²) in [5.41, 5.74) is 0. The predicted molar refractivity (Wildman–Crippen MR) is 55.2 cm³/mol. The van der Waals surface area contributed by atoms with Gasteiger partial charge in [-0.15, -0.1) is 11.3 Å². The van der Waals surface area contributed by atoms with Crippen molar-refractivity contribution < 1.29 is 4.79 Å². The van der Waals surface area contributed by atoms with Crippen molar-refractivity contribution in [1.82, 2.24) is 0 Å². The molecule has 3 heteroatoms. The van der Waals surface area contributed by atoms with Crippen LogP contribution in [0.25, 0.3) is 0 Å². The fourth-order valence-electron chi connectivity index (χ4n) is 1.57. The summed E-state index contributed by atoms with van der Waals surface area (Å²) in [4.78, 5) is 12.5. The number of thiophene rings is 1. The molecule has 1 heterocycles. The summed E-state index contributed by atoms with van der Waals surface area (Å²) < 4.78 is 0. The topological polar surface area (TPSA) is 17.1 Å². The van der Waals surface area contributed by atoms with Crippen molar-refractivity contribution in [3.63, 3.8) is 0 Å². The molecular formula is C10H9ClOS. The Morgan fingerprint density at radius 1 is 1.46 bits per heavy atom. The molecule has 0 aromatic carbocycles. The van der Waals surface area contributed by atoms with Crippen LogP contribution in [0.15, 0.2) is 28.6 Å². The first-order chi connectivity index (χ1) is 6.25. The van der Waals surface area contributed by atoms with Crippen LogP contribution in [-0.4, -0.2) is 5.78 Å². The lowest BCUT2D eigenvalue weighted by atomic mass is 9.92. The second-order valence-corrected chi connectivity index (χ2v) is 4.64. The summed E-state index contributed by atoms with van der Waals surface area (Å²) in [6.45, 7) is 0. The number of hydrogen-bond donors (Lipinski definition) is 0. The Balaban J connectivity index is 2.20. The van der Waals surface area contributed by atoms with Crippen LogP contribution in [0.4, 0.5) is 0 Å². The van der Waals surface area contributed by atoms with Gasteiger partial charge in [-0.05, 0) is 23.9 Å². The Morgan fingerprint density at radius 2 is 2.31 bits per heavy atom. The monoisotopic (exact) mass is 212 g/mol. The molecule has 0 fully saturated rings. The second-order valence-electron chi connectivity index (χ2n) is 3.18. The van der Waals surface area contributed by atoms with Crippen molar-refractivity contribution in [3.05, 3.63) is 33.5 Å². The molecule has 0 bridgehead atoms. The van der Waals surface area contributed by atoms with Gasteiger partial charge < -0.3 is 0 Å². The maximum absolute atomic E-state index is 11.2. The normalized spacial score (nSPS) is 23.0. The summed E-state index contributed by atoms with van der Waals surface area (Å²) in [5.74, 6) is 0.458. The lowest BCUT2D eigenvalue weighted by molar-refractivity contribution is -0.115. The van der Waals surface area contributed by atoms with Crippen molar-refractivity contribution in [2.45, 2.75) is 18.8 Å². The third-order valence-corrected chi connectivity index (χ3v) is 3.45. The van der Waals surface area contributed by atoms with Gasteiger partial charge in [-0.1, -0.05) is 17.7 Å². The van der Waals surface area contributed by atoms with E-state index in [9.17, 15) is 4.79 Å². The zero-order valence-corrected chi connectivity index (χ0v) is 8.57. The molecule has 0 aliphatic heterocycles. The first-order valence-corrected chi connectivity index (χ1v) is 5.44. The van der Waals surface area contributed by atoms with E-state index in [0.29, 0.717) is 17.4 Å². The van der Waals surface area contributed by atoms with Gasteiger partial charge in [0.2, 0.25) is 0 Å². The maximum Gasteiger partial charge on any atom is 0.157 e. The smallest absolute Gasteiger partial charge is 0.157 e. The molecule has 0 saturated carbocycles. The van der Waals surface area contributed by atoms with Gasteiger partial charge in [-0.2, -0.15) is 0 Å². The fraction of sp³-hybridized carbons (Fsp3) is 0.300. The van der Waals surface area contributed by atoms with Gasteiger partial charge in [0.25, 0.3) is 0 Å². The van der Waals surface area contributed by atoms with Crippen LogP contribution in [0, 0.1) is 0 Å².